The van der Waals surface area contributed by atoms with Crippen LogP contribution in [0.4, 0.5) is 0 Å². The monoisotopic (exact) mass is 464 g/mol. The zero-order valence-electron chi connectivity index (χ0n) is 20.7. The lowest BCUT2D eigenvalue weighted by atomic mass is 10.0. The van der Waals surface area contributed by atoms with Crippen LogP contribution >= 0.6 is 0 Å². The molecule has 0 aliphatic carbocycles. The van der Waals surface area contributed by atoms with Gasteiger partial charge in [-0.05, 0) is 57.4 Å². The van der Waals surface area contributed by atoms with Crippen molar-refractivity contribution in [2.45, 2.75) is 33.6 Å². The Kier molecular flexibility index (Phi) is 8.41. The molecule has 0 N–H and O–H groups in total. The van der Waals surface area contributed by atoms with Gasteiger partial charge in [-0.3, -0.25) is 4.79 Å². The van der Waals surface area contributed by atoms with Crippen molar-refractivity contribution in [1.82, 2.24) is 0 Å². The molecule has 0 aliphatic heterocycles. The molecule has 0 amide bonds. The van der Waals surface area contributed by atoms with Gasteiger partial charge in [0.15, 0.2) is 11.5 Å². The van der Waals surface area contributed by atoms with Crippen LogP contribution in [0, 0.1) is 0 Å². The summed E-state index contributed by atoms with van der Waals surface area (Å²) >= 11 is 0. The highest BCUT2D eigenvalue weighted by Crippen LogP contribution is 2.34. The van der Waals surface area contributed by atoms with Gasteiger partial charge in [0.1, 0.15) is 35.3 Å². The first-order valence-electron chi connectivity index (χ1n) is 11.2. The Hall–Kier alpha value is -3.67. The Morgan fingerprint density at radius 1 is 0.912 bits per heavy atom. The zero-order valence-corrected chi connectivity index (χ0v) is 20.7. The minimum Gasteiger partial charge on any atom is -0.496 e. The standard InChI is InChI=1S/C28H32O6/c1-18(2)8-7-9-19(3)12-13-33-24-14-20(10-11-23(24)31-5)22-17-34-26-16-21(30-4)15-25(32-6)27(26)28(22)29/h8,10-12,14-17H,7,9,13H2,1-6H3. The number of benzene rings is 2. The fourth-order valence-corrected chi connectivity index (χ4v) is 3.59. The average molecular weight is 465 g/mol. The van der Waals surface area contributed by atoms with Crippen LogP contribution in [0.15, 0.2) is 69.1 Å². The third-order valence-electron chi connectivity index (χ3n) is 5.51. The predicted molar refractivity (Wildman–Crippen MR) is 135 cm³/mol. The Morgan fingerprint density at radius 3 is 2.35 bits per heavy atom. The summed E-state index contributed by atoms with van der Waals surface area (Å²) in [6, 6.07) is 8.71. The molecule has 1 aromatic heterocycles. The molecule has 0 fully saturated rings. The van der Waals surface area contributed by atoms with Gasteiger partial charge in [-0.25, -0.2) is 0 Å². The molecule has 34 heavy (non-hydrogen) atoms. The lowest BCUT2D eigenvalue weighted by Gasteiger charge is -2.12. The Morgan fingerprint density at radius 2 is 1.68 bits per heavy atom. The van der Waals surface area contributed by atoms with E-state index in [-0.39, 0.29) is 5.43 Å². The van der Waals surface area contributed by atoms with Gasteiger partial charge in [-0.2, -0.15) is 0 Å². The number of ether oxygens (including phenoxy) is 4. The van der Waals surface area contributed by atoms with Crippen molar-refractivity contribution in [3.8, 4) is 34.1 Å². The first-order chi connectivity index (χ1) is 16.4. The molecule has 0 bridgehead atoms. The maximum Gasteiger partial charge on any atom is 0.204 e. The van der Waals surface area contributed by atoms with Crippen molar-refractivity contribution in [3.05, 3.63) is 70.1 Å². The lowest BCUT2D eigenvalue weighted by molar-refractivity contribution is 0.325. The molecule has 0 saturated heterocycles. The maximum atomic E-state index is 13.4. The molecule has 1 heterocycles. The number of hydrogen-bond acceptors (Lipinski definition) is 6. The first kappa shape index (κ1) is 25.0. The van der Waals surface area contributed by atoms with E-state index >= 15 is 0 Å². The third-order valence-corrected chi connectivity index (χ3v) is 5.51. The Labute approximate surface area is 200 Å². The van der Waals surface area contributed by atoms with Gasteiger partial charge in [0.2, 0.25) is 5.43 Å². The smallest absolute Gasteiger partial charge is 0.204 e. The molecule has 0 aliphatic rings. The molecule has 3 aromatic rings. The zero-order chi connectivity index (χ0) is 24.7. The summed E-state index contributed by atoms with van der Waals surface area (Å²) in [5, 5.41) is 0.356. The van der Waals surface area contributed by atoms with Crippen molar-refractivity contribution in [3.63, 3.8) is 0 Å². The van der Waals surface area contributed by atoms with Gasteiger partial charge >= 0.3 is 0 Å². The van der Waals surface area contributed by atoms with Crippen LogP contribution in [0.5, 0.6) is 23.0 Å². The summed E-state index contributed by atoms with van der Waals surface area (Å²) < 4.78 is 27.9. The van der Waals surface area contributed by atoms with Crippen LogP contribution in [-0.4, -0.2) is 27.9 Å². The maximum absolute atomic E-state index is 13.4. The van der Waals surface area contributed by atoms with Crippen LogP contribution in [0.2, 0.25) is 0 Å². The van der Waals surface area contributed by atoms with E-state index in [0.717, 1.165) is 12.8 Å². The largest absolute Gasteiger partial charge is 0.496 e. The van der Waals surface area contributed by atoms with E-state index in [0.29, 0.717) is 51.7 Å². The predicted octanol–water partition coefficient (Wildman–Crippen LogP) is 6.56. The van der Waals surface area contributed by atoms with Crippen LogP contribution in [0.1, 0.15) is 33.6 Å². The summed E-state index contributed by atoms with van der Waals surface area (Å²) in [6.07, 6.45) is 7.73. The molecule has 0 unspecified atom stereocenters. The van der Waals surface area contributed by atoms with Crippen molar-refractivity contribution >= 4 is 11.0 Å². The lowest BCUT2D eigenvalue weighted by Crippen LogP contribution is -2.07. The van der Waals surface area contributed by atoms with E-state index < -0.39 is 0 Å². The molecular formula is C28H32O6. The highest BCUT2D eigenvalue weighted by molar-refractivity contribution is 5.88. The molecular weight excluding hydrogens is 432 g/mol. The van der Waals surface area contributed by atoms with Gasteiger partial charge in [0.25, 0.3) is 0 Å². The van der Waals surface area contributed by atoms with Gasteiger partial charge < -0.3 is 23.4 Å². The summed E-state index contributed by atoms with van der Waals surface area (Å²) in [4.78, 5) is 13.4. The molecule has 2 aromatic carbocycles. The normalized spacial score (nSPS) is 11.3. The molecule has 0 atom stereocenters. The Balaban J connectivity index is 1.91. The van der Waals surface area contributed by atoms with E-state index in [2.05, 4.69) is 32.9 Å². The fraction of sp³-hybridized carbons (Fsp3) is 0.321. The molecule has 180 valence electrons. The number of rotatable bonds is 10. The molecule has 6 nitrogen and oxygen atoms in total. The summed E-state index contributed by atoms with van der Waals surface area (Å²) in [6.45, 7) is 6.70. The molecule has 0 radical (unpaired) electrons. The van der Waals surface area contributed by atoms with E-state index in [1.54, 1.807) is 44.6 Å². The second-order valence-corrected chi connectivity index (χ2v) is 8.23. The number of fused-ring (bicyclic) bond motifs is 1. The summed E-state index contributed by atoms with van der Waals surface area (Å²) in [5.41, 5.74) is 3.83. The summed E-state index contributed by atoms with van der Waals surface area (Å²) in [5.74, 6) is 2.08. The van der Waals surface area contributed by atoms with E-state index in [1.807, 2.05) is 0 Å². The van der Waals surface area contributed by atoms with Crippen molar-refractivity contribution < 1.29 is 23.4 Å². The third kappa shape index (κ3) is 5.81. The minimum atomic E-state index is -0.202. The minimum absolute atomic E-state index is 0.202. The van der Waals surface area contributed by atoms with Gasteiger partial charge in [0.05, 0.1) is 26.9 Å². The fourth-order valence-electron chi connectivity index (χ4n) is 3.59. The van der Waals surface area contributed by atoms with Crippen molar-refractivity contribution in [2.24, 2.45) is 0 Å². The van der Waals surface area contributed by atoms with Gasteiger partial charge in [-0.1, -0.05) is 23.3 Å². The van der Waals surface area contributed by atoms with Crippen LogP contribution < -0.4 is 24.4 Å². The second kappa shape index (κ2) is 11.5. The average Bonchev–Trinajstić information content (AvgIpc) is 2.83. The number of methoxy groups -OCH3 is 3. The summed E-state index contributed by atoms with van der Waals surface area (Å²) in [7, 11) is 4.64. The van der Waals surface area contributed by atoms with Crippen molar-refractivity contribution in [1.29, 1.82) is 0 Å². The molecule has 3 rings (SSSR count). The SMILES string of the molecule is COc1cc(OC)c2c(=O)c(-c3ccc(OC)c(OCC=C(C)CCC=C(C)C)c3)coc2c1. The molecule has 0 saturated carbocycles. The van der Waals surface area contributed by atoms with E-state index in [1.165, 1.54) is 24.5 Å². The first-order valence-corrected chi connectivity index (χ1v) is 11.2. The molecule has 0 spiro atoms. The number of allylic oxidation sites excluding steroid dienone is 3. The van der Waals surface area contributed by atoms with Crippen LogP contribution in [0.25, 0.3) is 22.1 Å². The quantitative estimate of drug-likeness (QED) is 0.317. The Bertz CT molecular complexity index is 1260. The van der Waals surface area contributed by atoms with Gasteiger partial charge in [0, 0.05) is 12.1 Å². The van der Waals surface area contributed by atoms with Crippen LogP contribution in [-0.2, 0) is 0 Å². The van der Waals surface area contributed by atoms with Gasteiger partial charge in [-0.15, -0.1) is 0 Å². The molecule has 6 heteroatoms. The van der Waals surface area contributed by atoms with E-state index in [4.69, 9.17) is 23.4 Å². The highest BCUT2D eigenvalue weighted by Gasteiger charge is 2.17. The number of hydrogen-bond donors (Lipinski definition) is 0. The van der Waals surface area contributed by atoms with Crippen LogP contribution in [0.3, 0.4) is 0 Å². The van der Waals surface area contributed by atoms with Crippen molar-refractivity contribution in [2.75, 3.05) is 27.9 Å². The highest BCUT2D eigenvalue weighted by atomic mass is 16.5. The topological polar surface area (TPSA) is 67.1 Å². The second-order valence-electron chi connectivity index (χ2n) is 8.23. The van der Waals surface area contributed by atoms with E-state index in [9.17, 15) is 4.79 Å².